The number of ketones is 1. The van der Waals surface area contributed by atoms with E-state index in [9.17, 15) is 14.4 Å². The van der Waals surface area contributed by atoms with Crippen LogP contribution in [0.15, 0.2) is 0 Å². The Kier molecular flexibility index (Phi) is 5.12. The first kappa shape index (κ1) is 15.4. The van der Waals surface area contributed by atoms with Crippen LogP contribution in [0.5, 0.6) is 0 Å². The van der Waals surface area contributed by atoms with Gasteiger partial charge in [-0.3, -0.25) is 14.5 Å². The van der Waals surface area contributed by atoms with E-state index in [1.807, 2.05) is 0 Å². The highest BCUT2D eigenvalue weighted by molar-refractivity contribution is 5.87. The lowest BCUT2D eigenvalue weighted by atomic mass is 10.2. The first-order valence-electron chi connectivity index (χ1n) is 5.33. The summed E-state index contributed by atoms with van der Waals surface area (Å²) in [5.74, 6) is -0.930. The number of Topliss-reactive ketones (excluding diaryl/α,β-unsaturated/α-hetero) is 1. The fourth-order valence-electron chi connectivity index (χ4n) is 1.07. The molecule has 0 aromatic heterocycles. The maximum atomic E-state index is 11.8. The molecule has 0 aromatic rings. The van der Waals surface area contributed by atoms with E-state index in [2.05, 4.69) is 0 Å². The normalized spacial score (nSPS) is 12.8. The van der Waals surface area contributed by atoms with Gasteiger partial charge in [-0.15, -0.1) is 0 Å². The highest BCUT2D eigenvalue weighted by atomic mass is 16.6. The molecule has 6 nitrogen and oxygen atoms in total. The molecular formula is C11H20N2O4. The summed E-state index contributed by atoms with van der Waals surface area (Å²) in [5, 5.41) is 0. The van der Waals surface area contributed by atoms with Gasteiger partial charge in [0.2, 0.25) is 5.91 Å². The number of nitrogens with zero attached hydrogens (tertiary/aromatic N) is 1. The minimum Gasteiger partial charge on any atom is -0.444 e. The Morgan fingerprint density at radius 1 is 1.29 bits per heavy atom. The van der Waals surface area contributed by atoms with Gasteiger partial charge in [0.1, 0.15) is 17.4 Å². The van der Waals surface area contributed by atoms with Gasteiger partial charge in [-0.25, -0.2) is 4.79 Å². The van der Waals surface area contributed by atoms with E-state index >= 15 is 0 Å². The Hall–Kier alpha value is -1.59. The highest BCUT2D eigenvalue weighted by Gasteiger charge is 2.29. The van der Waals surface area contributed by atoms with Gasteiger partial charge in [0, 0.05) is 0 Å². The number of primary amides is 1. The third kappa shape index (κ3) is 5.89. The van der Waals surface area contributed by atoms with Gasteiger partial charge in [-0.2, -0.15) is 0 Å². The first-order chi connectivity index (χ1) is 7.54. The van der Waals surface area contributed by atoms with Gasteiger partial charge >= 0.3 is 6.09 Å². The zero-order valence-electron chi connectivity index (χ0n) is 10.9. The second-order valence-electron chi connectivity index (χ2n) is 4.89. The number of rotatable bonds is 4. The number of amides is 2. The van der Waals surface area contributed by atoms with Crippen LogP contribution < -0.4 is 5.73 Å². The fraction of sp³-hybridized carbons (Fsp3) is 0.727. The average Bonchev–Trinajstić information content (AvgIpc) is 2.09. The topological polar surface area (TPSA) is 89.7 Å². The molecule has 0 aromatic carbocycles. The number of carbonyl (C=O) groups is 3. The molecule has 1 atom stereocenters. The molecule has 0 spiro atoms. The van der Waals surface area contributed by atoms with Crippen LogP contribution in [0.4, 0.5) is 4.79 Å². The van der Waals surface area contributed by atoms with E-state index in [1.54, 1.807) is 20.8 Å². The molecule has 0 bridgehead atoms. The lowest BCUT2D eigenvalue weighted by Gasteiger charge is -2.29. The van der Waals surface area contributed by atoms with Crippen LogP contribution in [0, 0.1) is 0 Å². The monoisotopic (exact) mass is 244 g/mol. The third-order valence-electron chi connectivity index (χ3n) is 1.90. The van der Waals surface area contributed by atoms with E-state index in [0.717, 1.165) is 4.90 Å². The zero-order valence-corrected chi connectivity index (χ0v) is 10.9. The van der Waals surface area contributed by atoms with Gasteiger partial charge in [-0.1, -0.05) is 0 Å². The third-order valence-corrected chi connectivity index (χ3v) is 1.90. The lowest BCUT2D eigenvalue weighted by Crippen LogP contribution is -2.49. The highest BCUT2D eigenvalue weighted by Crippen LogP contribution is 2.11. The molecule has 0 unspecified atom stereocenters. The summed E-state index contributed by atoms with van der Waals surface area (Å²) < 4.78 is 5.10. The number of hydrogen-bond donors (Lipinski definition) is 1. The Morgan fingerprint density at radius 2 is 1.76 bits per heavy atom. The van der Waals surface area contributed by atoms with E-state index in [1.165, 1.54) is 13.8 Å². The van der Waals surface area contributed by atoms with Crippen LogP contribution in [-0.4, -0.2) is 40.9 Å². The molecule has 0 saturated heterocycles. The standard InChI is InChI=1S/C11H20N2O4/c1-7(14)6-13(8(2)9(12)15)10(16)17-11(3,4)5/h8H,6H2,1-5H3,(H2,12,15)/t8-/m1/s1. The van der Waals surface area contributed by atoms with Crippen molar-refractivity contribution in [2.24, 2.45) is 5.73 Å². The number of nitrogens with two attached hydrogens (primary N) is 1. The molecule has 0 aliphatic rings. The molecule has 17 heavy (non-hydrogen) atoms. The minimum absolute atomic E-state index is 0.195. The predicted molar refractivity (Wildman–Crippen MR) is 62.3 cm³/mol. The molecule has 0 radical (unpaired) electrons. The van der Waals surface area contributed by atoms with Crippen molar-refractivity contribution in [3.8, 4) is 0 Å². The fourth-order valence-corrected chi connectivity index (χ4v) is 1.07. The first-order valence-corrected chi connectivity index (χ1v) is 5.33. The van der Waals surface area contributed by atoms with Crippen LogP contribution in [-0.2, 0) is 14.3 Å². The molecule has 0 rings (SSSR count). The van der Waals surface area contributed by atoms with Gasteiger partial charge in [-0.05, 0) is 34.6 Å². The van der Waals surface area contributed by atoms with Crippen molar-refractivity contribution < 1.29 is 19.1 Å². The van der Waals surface area contributed by atoms with Crippen molar-refractivity contribution in [3.63, 3.8) is 0 Å². The smallest absolute Gasteiger partial charge is 0.411 e. The minimum atomic E-state index is -0.881. The Balaban J connectivity index is 4.86. The summed E-state index contributed by atoms with van der Waals surface area (Å²) in [7, 11) is 0. The van der Waals surface area contributed by atoms with Gasteiger partial charge in [0.05, 0.1) is 6.54 Å². The molecule has 0 heterocycles. The Labute approximate surface area is 101 Å². The molecular weight excluding hydrogens is 224 g/mol. The number of ether oxygens (including phenoxy) is 1. The van der Waals surface area contributed by atoms with E-state index in [0.29, 0.717) is 0 Å². The molecule has 2 amide bonds. The summed E-state index contributed by atoms with van der Waals surface area (Å²) in [6.07, 6.45) is -0.723. The quantitative estimate of drug-likeness (QED) is 0.787. The maximum absolute atomic E-state index is 11.8. The summed E-state index contributed by atoms with van der Waals surface area (Å²) in [6.45, 7) is 7.68. The summed E-state index contributed by atoms with van der Waals surface area (Å²) in [4.78, 5) is 34.9. The van der Waals surface area contributed by atoms with Crippen molar-refractivity contribution in [2.45, 2.75) is 46.3 Å². The average molecular weight is 244 g/mol. The maximum Gasteiger partial charge on any atom is 0.411 e. The van der Waals surface area contributed by atoms with E-state index < -0.39 is 23.6 Å². The van der Waals surface area contributed by atoms with Crippen LogP contribution in [0.25, 0.3) is 0 Å². The van der Waals surface area contributed by atoms with Crippen LogP contribution in [0.3, 0.4) is 0 Å². The summed E-state index contributed by atoms with van der Waals surface area (Å²) in [6, 6.07) is -0.881. The van der Waals surface area contributed by atoms with Crippen molar-refractivity contribution in [3.05, 3.63) is 0 Å². The summed E-state index contributed by atoms with van der Waals surface area (Å²) >= 11 is 0. The molecule has 0 aliphatic carbocycles. The molecule has 6 heteroatoms. The molecule has 0 fully saturated rings. The van der Waals surface area contributed by atoms with E-state index in [4.69, 9.17) is 10.5 Å². The summed E-state index contributed by atoms with van der Waals surface area (Å²) in [5.41, 5.74) is 4.42. The number of hydrogen-bond acceptors (Lipinski definition) is 4. The second-order valence-corrected chi connectivity index (χ2v) is 4.89. The molecule has 0 aliphatic heterocycles. The molecule has 98 valence electrons. The van der Waals surface area contributed by atoms with Gasteiger partial charge in [0.25, 0.3) is 0 Å². The van der Waals surface area contributed by atoms with Crippen LogP contribution >= 0.6 is 0 Å². The zero-order chi connectivity index (χ0) is 13.8. The van der Waals surface area contributed by atoms with Gasteiger partial charge < -0.3 is 10.5 Å². The predicted octanol–water partition coefficient (Wildman–Crippen LogP) is 0.686. The lowest BCUT2D eigenvalue weighted by molar-refractivity contribution is -0.124. The largest absolute Gasteiger partial charge is 0.444 e. The van der Waals surface area contributed by atoms with E-state index in [-0.39, 0.29) is 12.3 Å². The van der Waals surface area contributed by atoms with Crippen molar-refractivity contribution in [1.82, 2.24) is 4.90 Å². The molecule has 2 N–H and O–H groups in total. The Morgan fingerprint density at radius 3 is 2.06 bits per heavy atom. The van der Waals surface area contributed by atoms with Crippen LogP contribution in [0.1, 0.15) is 34.6 Å². The van der Waals surface area contributed by atoms with Gasteiger partial charge in [0.15, 0.2) is 0 Å². The van der Waals surface area contributed by atoms with Crippen LogP contribution in [0.2, 0.25) is 0 Å². The van der Waals surface area contributed by atoms with Crippen molar-refractivity contribution in [1.29, 1.82) is 0 Å². The molecule has 0 saturated carbocycles. The van der Waals surface area contributed by atoms with Crippen molar-refractivity contribution >= 4 is 17.8 Å². The second kappa shape index (κ2) is 5.65. The SMILES string of the molecule is CC(=O)CN(C(=O)OC(C)(C)C)[C@H](C)C(N)=O. The Bertz CT molecular complexity index is 320. The number of carbonyl (C=O) groups excluding carboxylic acids is 3. The van der Waals surface area contributed by atoms with Crippen molar-refractivity contribution in [2.75, 3.05) is 6.54 Å².